The third kappa shape index (κ3) is 4.86. The molecule has 1 N–H and O–H groups in total. The van der Waals surface area contributed by atoms with E-state index in [0.29, 0.717) is 23.4 Å². The molecule has 1 amide bonds. The number of carbonyl (C=O) groups is 1. The van der Waals surface area contributed by atoms with E-state index in [-0.39, 0.29) is 17.9 Å². The number of nitrogens with one attached hydrogen (secondary N) is 1. The molecule has 29 heavy (non-hydrogen) atoms. The Balaban J connectivity index is 1.49. The topological polar surface area (TPSA) is 47.6 Å². The van der Waals surface area contributed by atoms with E-state index in [1.54, 1.807) is 0 Å². The first-order chi connectivity index (χ1) is 14.1. The Morgan fingerprint density at radius 2 is 1.69 bits per heavy atom. The zero-order chi connectivity index (χ0) is 20.2. The third-order valence-corrected chi connectivity index (χ3v) is 8.26. The fraction of sp³-hybridized carbons (Fsp3) is 0.435. The molecule has 1 saturated heterocycles. The smallest absolute Gasteiger partial charge is 0.251 e. The van der Waals surface area contributed by atoms with Gasteiger partial charge in [-0.25, -0.2) is 0 Å². The number of rotatable bonds is 5. The highest BCUT2D eigenvalue weighted by Gasteiger charge is 2.23. The minimum atomic E-state index is -0.0970. The van der Waals surface area contributed by atoms with Gasteiger partial charge in [0.25, 0.3) is 5.91 Å². The van der Waals surface area contributed by atoms with Crippen LogP contribution in [-0.4, -0.2) is 30.6 Å². The molecule has 0 aliphatic carbocycles. The molecule has 0 radical (unpaired) electrons. The molecule has 2 aromatic rings. The fourth-order valence-electron chi connectivity index (χ4n) is 3.58. The van der Waals surface area contributed by atoms with Crippen molar-refractivity contribution < 1.29 is 14.3 Å². The van der Waals surface area contributed by atoms with Gasteiger partial charge in [-0.05, 0) is 41.3 Å². The van der Waals surface area contributed by atoms with Gasteiger partial charge in [0, 0.05) is 23.5 Å². The summed E-state index contributed by atoms with van der Waals surface area (Å²) in [5.41, 5.74) is 3.02. The number of ether oxygens (including phenoxy) is 2. The minimum absolute atomic E-state index is 0.0471. The standard InChI is InChI=1S/C23H27NO3S2/c1-15(2)21(18-8-9-19-20(14-18)27-11-3-10-26-19)24-22(25)16-4-6-17(7-5-16)23-28-12-13-29-23/h4-9,14-15,21,23H,3,10-13H2,1-2H3,(H,24,25)/t21-/m0/s1. The Bertz CT molecular complexity index is 848. The number of carbonyl (C=O) groups excluding carboxylic acids is 1. The Morgan fingerprint density at radius 1 is 1.00 bits per heavy atom. The predicted octanol–water partition coefficient (Wildman–Crippen LogP) is 5.45. The van der Waals surface area contributed by atoms with Crippen LogP contribution < -0.4 is 14.8 Å². The monoisotopic (exact) mass is 429 g/mol. The number of fused-ring (bicyclic) bond motifs is 1. The van der Waals surface area contributed by atoms with Crippen molar-refractivity contribution in [2.45, 2.75) is 30.9 Å². The van der Waals surface area contributed by atoms with Gasteiger partial charge in [-0.2, -0.15) is 0 Å². The lowest BCUT2D eigenvalue weighted by atomic mass is 9.95. The summed E-state index contributed by atoms with van der Waals surface area (Å²) in [5.74, 6) is 4.13. The molecule has 2 aliphatic rings. The van der Waals surface area contributed by atoms with Crippen LogP contribution in [0.25, 0.3) is 0 Å². The van der Waals surface area contributed by atoms with Crippen LogP contribution in [-0.2, 0) is 0 Å². The third-order valence-electron chi connectivity index (χ3n) is 5.15. The highest BCUT2D eigenvalue weighted by Crippen LogP contribution is 2.45. The summed E-state index contributed by atoms with van der Waals surface area (Å²) in [6, 6.07) is 13.9. The zero-order valence-electron chi connectivity index (χ0n) is 16.9. The van der Waals surface area contributed by atoms with Gasteiger partial charge in [-0.3, -0.25) is 4.79 Å². The summed E-state index contributed by atoms with van der Waals surface area (Å²) in [6.45, 7) is 5.56. The molecule has 0 unspecified atom stereocenters. The van der Waals surface area contributed by atoms with Crippen LogP contribution in [0.3, 0.4) is 0 Å². The van der Waals surface area contributed by atoms with Crippen LogP contribution in [0, 0.1) is 5.92 Å². The van der Waals surface area contributed by atoms with Gasteiger partial charge in [-0.15, -0.1) is 23.5 Å². The number of benzene rings is 2. The number of hydrogen-bond donors (Lipinski definition) is 1. The van der Waals surface area contributed by atoms with Gasteiger partial charge in [0.15, 0.2) is 11.5 Å². The summed E-state index contributed by atoms with van der Waals surface area (Å²) in [6.07, 6.45) is 0.877. The van der Waals surface area contributed by atoms with Crippen molar-refractivity contribution >= 4 is 29.4 Å². The normalized spacial score (nSPS) is 17.8. The molecule has 0 bridgehead atoms. The maximum Gasteiger partial charge on any atom is 0.251 e. The van der Waals surface area contributed by atoms with Crippen molar-refractivity contribution in [1.29, 1.82) is 0 Å². The molecular weight excluding hydrogens is 402 g/mol. The summed E-state index contributed by atoms with van der Waals surface area (Å²) in [5, 5.41) is 3.21. The van der Waals surface area contributed by atoms with Gasteiger partial charge in [0.1, 0.15) is 0 Å². The van der Waals surface area contributed by atoms with Crippen molar-refractivity contribution in [3.63, 3.8) is 0 Å². The maximum absolute atomic E-state index is 12.9. The van der Waals surface area contributed by atoms with Gasteiger partial charge in [0.05, 0.1) is 23.8 Å². The van der Waals surface area contributed by atoms with E-state index in [1.165, 1.54) is 17.1 Å². The average molecular weight is 430 g/mol. The molecule has 1 fully saturated rings. The van der Waals surface area contributed by atoms with Crippen LogP contribution in [0.4, 0.5) is 0 Å². The van der Waals surface area contributed by atoms with E-state index in [4.69, 9.17) is 9.47 Å². The van der Waals surface area contributed by atoms with Gasteiger partial charge in [0.2, 0.25) is 0 Å². The minimum Gasteiger partial charge on any atom is -0.490 e. The summed E-state index contributed by atoms with van der Waals surface area (Å²) in [7, 11) is 0. The van der Waals surface area contributed by atoms with Gasteiger partial charge >= 0.3 is 0 Å². The van der Waals surface area contributed by atoms with E-state index in [2.05, 4.69) is 31.3 Å². The molecule has 4 nitrogen and oxygen atoms in total. The fourth-order valence-corrected chi connectivity index (χ4v) is 6.43. The lowest BCUT2D eigenvalue weighted by Gasteiger charge is -2.24. The first kappa shape index (κ1) is 20.5. The summed E-state index contributed by atoms with van der Waals surface area (Å²) >= 11 is 3.95. The molecule has 0 aromatic heterocycles. The van der Waals surface area contributed by atoms with E-state index < -0.39 is 0 Å². The first-order valence-electron chi connectivity index (χ1n) is 10.2. The lowest BCUT2D eigenvalue weighted by Crippen LogP contribution is -2.31. The molecular formula is C23H27NO3S2. The SMILES string of the molecule is CC(C)[C@H](NC(=O)c1ccc(C2SCCS2)cc1)c1ccc2c(c1)OCCCO2. The van der Waals surface area contributed by atoms with E-state index in [9.17, 15) is 4.79 Å². The Kier molecular flexibility index (Phi) is 6.60. The Morgan fingerprint density at radius 3 is 2.38 bits per heavy atom. The number of hydrogen-bond acceptors (Lipinski definition) is 5. The van der Waals surface area contributed by atoms with Crippen molar-refractivity contribution in [2.75, 3.05) is 24.7 Å². The largest absolute Gasteiger partial charge is 0.490 e. The maximum atomic E-state index is 12.9. The molecule has 0 spiro atoms. The van der Waals surface area contributed by atoms with Gasteiger partial charge in [-0.1, -0.05) is 32.0 Å². The molecule has 2 aromatic carbocycles. The molecule has 1 atom stereocenters. The van der Waals surface area contributed by atoms with Crippen LogP contribution in [0.5, 0.6) is 11.5 Å². The zero-order valence-corrected chi connectivity index (χ0v) is 18.5. The van der Waals surface area contributed by atoms with Crippen molar-refractivity contribution in [1.82, 2.24) is 5.32 Å². The predicted molar refractivity (Wildman–Crippen MR) is 121 cm³/mol. The van der Waals surface area contributed by atoms with Crippen molar-refractivity contribution in [3.8, 4) is 11.5 Å². The van der Waals surface area contributed by atoms with E-state index in [0.717, 1.165) is 23.5 Å². The average Bonchev–Trinajstić information content (AvgIpc) is 3.17. The van der Waals surface area contributed by atoms with Gasteiger partial charge < -0.3 is 14.8 Å². The van der Waals surface area contributed by atoms with E-state index in [1.807, 2.05) is 53.9 Å². The second kappa shape index (κ2) is 9.35. The first-order valence-corrected chi connectivity index (χ1v) is 12.2. The second-order valence-corrected chi connectivity index (χ2v) is 10.4. The molecule has 2 aliphatic heterocycles. The quantitative estimate of drug-likeness (QED) is 0.684. The van der Waals surface area contributed by atoms with Crippen LogP contribution in [0.15, 0.2) is 42.5 Å². The van der Waals surface area contributed by atoms with Crippen molar-refractivity contribution in [3.05, 3.63) is 59.2 Å². The number of amides is 1. The summed E-state index contributed by atoms with van der Waals surface area (Å²) < 4.78 is 12.1. The van der Waals surface area contributed by atoms with Crippen molar-refractivity contribution in [2.24, 2.45) is 5.92 Å². The molecule has 6 heteroatoms. The van der Waals surface area contributed by atoms with Crippen LogP contribution in [0.2, 0.25) is 0 Å². The molecule has 2 heterocycles. The lowest BCUT2D eigenvalue weighted by molar-refractivity contribution is 0.0925. The summed E-state index contributed by atoms with van der Waals surface area (Å²) in [4.78, 5) is 12.9. The highest BCUT2D eigenvalue weighted by atomic mass is 32.2. The van der Waals surface area contributed by atoms with E-state index >= 15 is 0 Å². The van der Waals surface area contributed by atoms with Crippen LogP contribution in [0.1, 0.15) is 52.4 Å². The molecule has 0 saturated carbocycles. The highest BCUT2D eigenvalue weighted by molar-refractivity contribution is 8.19. The Labute approximate surface area is 181 Å². The van der Waals surface area contributed by atoms with Crippen LogP contribution >= 0.6 is 23.5 Å². The number of thioether (sulfide) groups is 2. The second-order valence-electron chi connectivity index (χ2n) is 7.65. The molecule has 4 rings (SSSR count). The molecule has 154 valence electrons. The Hall–Kier alpha value is -1.79.